The maximum absolute atomic E-state index is 12.3. The van der Waals surface area contributed by atoms with Crippen LogP contribution in [0.2, 0.25) is 0 Å². The predicted molar refractivity (Wildman–Crippen MR) is 88.9 cm³/mol. The molecule has 0 heterocycles. The van der Waals surface area contributed by atoms with Crippen LogP contribution < -0.4 is 5.32 Å². The largest absolute Gasteiger partial charge is 0.313 e. The highest BCUT2D eigenvalue weighted by molar-refractivity contribution is 5.99. The Balaban J connectivity index is 2.12. The van der Waals surface area contributed by atoms with Crippen molar-refractivity contribution in [2.45, 2.75) is 52.4 Å². The molecule has 1 aromatic carbocycles. The van der Waals surface area contributed by atoms with Gasteiger partial charge in [0, 0.05) is 5.56 Å². The Bertz CT molecular complexity index is 479. The zero-order valence-electron chi connectivity index (χ0n) is 13.9. The standard InChI is InChI=1S/C19H29NO/c1-19(2,3)15-11-9-14(10-12-15)16-7-5-6-8-17(16)18(21)13-20-4/h5-8,14-15,20H,9-13H2,1-4H3. The zero-order chi connectivity index (χ0) is 15.5. The average Bonchev–Trinajstić information content (AvgIpc) is 2.47. The molecule has 0 radical (unpaired) electrons. The van der Waals surface area contributed by atoms with E-state index in [0.29, 0.717) is 17.9 Å². The normalized spacial score (nSPS) is 23.0. The van der Waals surface area contributed by atoms with Crippen molar-refractivity contribution in [2.75, 3.05) is 13.6 Å². The van der Waals surface area contributed by atoms with Crippen molar-refractivity contribution in [3.8, 4) is 0 Å². The fourth-order valence-corrected chi connectivity index (χ4v) is 3.63. The summed E-state index contributed by atoms with van der Waals surface area (Å²) in [6.45, 7) is 7.47. The summed E-state index contributed by atoms with van der Waals surface area (Å²) < 4.78 is 0. The monoisotopic (exact) mass is 287 g/mol. The Morgan fingerprint density at radius 3 is 2.33 bits per heavy atom. The third-order valence-corrected chi connectivity index (χ3v) is 4.99. The molecule has 0 atom stereocenters. The molecule has 1 aromatic rings. The first kappa shape index (κ1) is 16.2. The van der Waals surface area contributed by atoms with Crippen LogP contribution in [0.5, 0.6) is 0 Å². The Morgan fingerprint density at radius 1 is 1.14 bits per heavy atom. The fraction of sp³-hybridized carbons (Fsp3) is 0.632. The maximum atomic E-state index is 12.3. The van der Waals surface area contributed by atoms with Crippen molar-refractivity contribution in [1.29, 1.82) is 0 Å². The summed E-state index contributed by atoms with van der Waals surface area (Å²) in [5.41, 5.74) is 2.60. The van der Waals surface area contributed by atoms with Gasteiger partial charge in [0.25, 0.3) is 0 Å². The fourth-order valence-electron chi connectivity index (χ4n) is 3.63. The molecule has 21 heavy (non-hydrogen) atoms. The van der Waals surface area contributed by atoms with Gasteiger partial charge in [-0.3, -0.25) is 4.79 Å². The first-order valence-corrected chi connectivity index (χ1v) is 8.20. The smallest absolute Gasteiger partial charge is 0.176 e. The minimum Gasteiger partial charge on any atom is -0.313 e. The van der Waals surface area contributed by atoms with Gasteiger partial charge < -0.3 is 5.32 Å². The van der Waals surface area contributed by atoms with Crippen LogP contribution in [0.4, 0.5) is 0 Å². The number of benzene rings is 1. The first-order chi connectivity index (χ1) is 9.93. The molecule has 2 rings (SSSR count). The third-order valence-electron chi connectivity index (χ3n) is 4.99. The van der Waals surface area contributed by atoms with E-state index in [2.05, 4.69) is 38.2 Å². The number of hydrogen-bond donors (Lipinski definition) is 1. The molecule has 116 valence electrons. The van der Waals surface area contributed by atoms with E-state index in [1.807, 2.05) is 19.2 Å². The van der Waals surface area contributed by atoms with E-state index in [1.165, 1.54) is 31.2 Å². The molecule has 1 aliphatic rings. The summed E-state index contributed by atoms with van der Waals surface area (Å²) in [6, 6.07) is 8.20. The number of nitrogens with one attached hydrogen (secondary N) is 1. The Labute approximate surface area is 129 Å². The topological polar surface area (TPSA) is 29.1 Å². The molecule has 1 N–H and O–H groups in total. The molecule has 0 saturated heterocycles. The summed E-state index contributed by atoms with van der Waals surface area (Å²) in [6.07, 6.45) is 4.99. The highest BCUT2D eigenvalue weighted by Gasteiger charge is 2.31. The Hall–Kier alpha value is -1.15. The number of ketones is 1. The van der Waals surface area contributed by atoms with E-state index >= 15 is 0 Å². The number of rotatable bonds is 4. The van der Waals surface area contributed by atoms with E-state index in [1.54, 1.807) is 0 Å². The molecule has 2 heteroatoms. The second-order valence-corrected chi connectivity index (χ2v) is 7.46. The summed E-state index contributed by atoms with van der Waals surface area (Å²) in [4.78, 5) is 12.3. The van der Waals surface area contributed by atoms with Crippen molar-refractivity contribution in [3.63, 3.8) is 0 Å². The number of Topliss-reactive ketones (excluding diaryl/α,β-unsaturated/α-hetero) is 1. The van der Waals surface area contributed by atoms with Crippen LogP contribution in [0.25, 0.3) is 0 Å². The molecule has 0 aromatic heterocycles. The van der Waals surface area contributed by atoms with Crippen LogP contribution in [-0.4, -0.2) is 19.4 Å². The van der Waals surface area contributed by atoms with Gasteiger partial charge in [-0.25, -0.2) is 0 Å². The van der Waals surface area contributed by atoms with Crippen molar-refractivity contribution in [3.05, 3.63) is 35.4 Å². The molecular weight excluding hydrogens is 258 g/mol. The van der Waals surface area contributed by atoms with Crippen molar-refractivity contribution in [1.82, 2.24) is 5.32 Å². The van der Waals surface area contributed by atoms with E-state index in [-0.39, 0.29) is 5.78 Å². The lowest BCUT2D eigenvalue weighted by atomic mass is 9.68. The van der Waals surface area contributed by atoms with Crippen LogP contribution >= 0.6 is 0 Å². The minimum atomic E-state index is 0.214. The summed E-state index contributed by atoms with van der Waals surface area (Å²) in [5.74, 6) is 1.58. The highest BCUT2D eigenvalue weighted by atomic mass is 16.1. The number of hydrogen-bond acceptors (Lipinski definition) is 2. The third kappa shape index (κ3) is 3.94. The van der Waals surface area contributed by atoms with Crippen molar-refractivity contribution < 1.29 is 4.79 Å². The lowest BCUT2D eigenvalue weighted by molar-refractivity contribution is 0.0991. The summed E-state index contributed by atoms with van der Waals surface area (Å²) in [5, 5.41) is 2.97. The van der Waals surface area contributed by atoms with Crippen LogP contribution in [-0.2, 0) is 0 Å². The number of carbonyl (C=O) groups excluding carboxylic acids is 1. The van der Waals surface area contributed by atoms with Gasteiger partial charge in [-0.1, -0.05) is 45.0 Å². The molecular formula is C19H29NO. The molecule has 0 bridgehead atoms. The second-order valence-electron chi connectivity index (χ2n) is 7.46. The average molecular weight is 287 g/mol. The number of likely N-dealkylation sites (N-methyl/N-ethyl adjacent to an activating group) is 1. The van der Waals surface area contributed by atoms with Crippen LogP contribution in [0.3, 0.4) is 0 Å². The van der Waals surface area contributed by atoms with Gasteiger partial charge in [0.15, 0.2) is 5.78 Å². The Kier molecular flexibility index (Phi) is 5.21. The second kappa shape index (κ2) is 6.74. The van der Waals surface area contributed by atoms with Gasteiger partial charge in [-0.2, -0.15) is 0 Å². The van der Waals surface area contributed by atoms with Gasteiger partial charge in [0.05, 0.1) is 6.54 Å². The number of carbonyl (C=O) groups is 1. The summed E-state index contributed by atoms with van der Waals surface area (Å²) >= 11 is 0. The molecule has 0 amide bonds. The van der Waals surface area contributed by atoms with Crippen LogP contribution in [0, 0.1) is 11.3 Å². The SMILES string of the molecule is CNCC(=O)c1ccccc1C1CCC(C(C)(C)C)CC1. The lowest BCUT2D eigenvalue weighted by Gasteiger charge is -2.37. The molecule has 0 spiro atoms. The quantitative estimate of drug-likeness (QED) is 0.831. The molecule has 1 saturated carbocycles. The van der Waals surface area contributed by atoms with Crippen LogP contribution in [0.1, 0.15) is 68.3 Å². The first-order valence-electron chi connectivity index (χ1n) is 8.20. The Morgan fingerprint density at radius 2 is 1.76 bits per heavy atom. The molecule has 2 nitrogen and oxygen atoms in total. The minimum absolute atomic E-state index is 0.214. The van der Waals surface area contributed by atoms with Crippen molar-refractivity contribution >= 4 is 5.78 Å². The highest BCUT2D eigenvalue weighted by Crippen LogP contribution is 2.43. The zero-order valence-corrected chi connectivity index (χ0v) is 13.9. The molecule has 1 fully saturated rings. The molecule has 1 aliphatic carbocycles. The lowest BCUT2D eigenvalue weighted by Crippen LogP contribution is -2.26. The summed E-state index contributed by atoms with van der Waals surface area (Å²) in [7, 11) is 1.83. The predicted octanol–water partition coefficient (Wildman–Crippen LogP) is 4.41. The van der Waals surface area contributed by atoms with Crippen molar-refractivity contribution in [2.24, 2.45) is 11.3 Å². The van der Waals surface area contributed by atoms with Gasteiger partial charge in [0.2, 0.25) is 0 Å². The molecule has 0 unspecified atom stereocenters. The van der Waals surface area contributed by atoms with E-state index in [9.17, 15) is 4.79 Å². The maximum Gasteiger partial charge on any atom is 0.176 e. The van der Waals surface area contributed by atoms with Gasteiger partial charge in [-0.15, -0.1) is 0 Å². The van der Waals surface area contributed by atoms with E-state index in [0.717, 1.165) is 11.5 Å². The molecule has 0 aliphatic heterocycles. The van der Waals surface area contributed by atoms with E-state index in [4.69, 9.17) is 0 Å². The van der Waals surface area contributed by atoms with Gasteiger partial charge in [0.1, 0.15) is 0 Å². The van der Waals surface area contributed by atoms with Gasteiger partial charge >= 0.3 is 0 Å². The van der Waals surface area contributed by atoms with Gasteiger partial charge in [-0.05, 0) is 55.5 Å². The van der Waals surface area contributed by atoms with E-state index < -0.39 is 0 Å². The van der Waals surface area contributed by atoms with Crippen LogP contribution in [0.15, 0.2) is 24.3 Å².